The van der Waals surface area contributed by atoms with Crippen LogP contribution in [0.1, 0.15) is 35.1 Å². The van der Waals surface area contributed by atoms with E-state index in [0.717, 1.165) is 10.4 Å². The van der Waals surface area contributed by atoms with Crippen molar-refractivity contribution in [2.45, 2.75) is 25.8 Å². The Balaban J connectivity index is 1.75. The van der Waals surface area contributed by atoms with Gasteiger partial charge in [-0.15, -0.1) is 5.10 Å². The molecule has 3 aromatic rings. The number of carbonyl (C=O) groups excluding carboxylic acids is 1. The first-order valence-corrected chi connectivity index (χ1v) is 9.97. The maximum absolute atomic E-state index is 11.5. The Labute approximate surface area is 165 Å². The molecule has 0 saturated carbocycles. The minimum Gasteiger partial charge on any atom is -0.492 e. The Kier molecular flexibility index (Phi) is 4.79. The van der Waals surface area contributed by atoms with Gasteiger partial charge in [-0.1, -0.05) is 35.1 Å². The average Bonchev–Trinajstić information content (AvgIpc) is 3.14. The molecular weight excluding hydrogens is 386 g/mol. The standard InChI is InChI=1S/C18H20ClN5O2S/c1-10-21-18-24(22-10)17(26)15(27-18)14(12-3-2-4-13(19)9-12)23-7-5-11(6-8-23)16(20)25/h2-4,9,11,14,26H,5-8H2,1H3,(H2,20,25)/t14-/m1/s1. The van der Waals surface area contributed by atoms with Gasteiger partial charge < -0.3 is 10.8 Å². The normalized spacial score (nSPS) is 17.4. The van der Waals surface area contributed by atoms with Crippen LogP contribution in [0.3, 0.4) is 0 Å². The zero-order valence-corrected chi connectivity index (χ0v) is 16.4. The summed E-state index contributed by atoms with van der Waals surface area (Å²) in [5.41, 5.74) is 6.46. The van der Waals surface area contributed by atoms with Crippen molar-refractivity contribution < 1.29 is 9.90 Å². The molecule has 3 heterocycles. The van der Waals surface area contributed by atoms with Crippen LogP contribution in [0.15, 0.2) is 24.3 Å². The first-order chi connectivity index (χ1) is 12.9. The van der Waals surface area contributed by atoms with Crippen LogP contribution in [0.4, 0.5) is 0 Å². The third kappa shape index (κ3) is 3.40. The number of primary amides is 1. The van der Waals surface area contributed by atoms with E-state index in [2.05, 4.69) is 15.0 Å². The molecule has 0 unspecified atom stereocenters. The number of nitrogens with zero attached hydrogens (tertiary/aromatic N) is 4. The summed E-state index contributed by atoms with van der Waals surface area (Å²) >= 11 is 7.65. The topological polar surface area (TPSA) is 96.8 Å². The number of aryl methyl sites for hydroxylation is 1. The zero-order chi connectivity index (χ0) is 19.1. The van der Waals surface area contributed by atoms with Gasteiger partial charge in [0.2, 0.25) is 16.7 Å². The number of carbonyl (C=O) groups is 1. The predicted molar refractivity (Wildman–Crippen MR) is 104 cm³/mol. The molecule has 0 radical (unpaired) electrons. The van der Waals surface area contributed by atoms with Gasteiger partial charge >= 0.3 is 0 Å². The fraction of sp³-hybridized carbons (Fsp3) is 0.389. The van der Waals surface area contributed by atoms with Crippen LogP contribution < -0.4 is 5.73 Å². The van der Waals surface area contributed by atoms with Crippen molar-refractivity contribution in [2.24, 2.45) is 11.7 Å². The van der Waals surface area contributed by atoms with Gasteiger partial charge in [0.25, 0.3) is 0 Å². The molecule has 1 amide bonds. The molecule has 1 fully saturated rings. The fourth-order valence-corrected chi connectivity index (χ4v) is 5.03. The van der Waals surface area contributed by atoms with Crippen LogP contribution in [0, 0.1) is 12.8 Å². The summed E-state index contributed by atoms with van der Waals surface area (Å²) < 4.78 is 1.48. The number of amides is 1. The molecule has 3 N–H and O–H groups in total. The zero-order valence-electron chi connectivity index (χ0n) is 14.8. The Morgan fingerprint density at radius 2 is 2.15 bits per heavy atom. The lowest BCUT2D eigenvalue weighted by Crippen LogP contribution is -2.40. The van der Waals surface area contributed by atoms with E-state index in [1.165, 1.54) is 15.9 Å². The number of benzene rings is 1. The van der Waals surface area contributed by atoms with Crippen LogP contribution in [0.5, 0.6) is 5.88 Å². The molecule has 0 aliphatic carbocycles. The van der Waals surface area contributed by atoms with Gasteiger partial charge in [0.05, 0.1) is 10.9 Å². The van der Waals surface area contributed by atoms with Crippen molar-refractivity contribution in [1.82, 2.24) is 19.5 Å². The van der Waals surface area contributed by atoms with Crippen LogP contribution in [0.2, 0.25) is 5.02 Å². The molecule has 4 rings (SSSR count). The number of hydrogen-bond acceptors (Lipinski definition) is 6. The maximum Gasteiger partial charge on any atom is 0.230 e. The first kappa shape index (κ1) is 18.2. The van der Waals surface area contributed by atoms with E-state index in [1.54, 1.807) is 6.92 Å². The SMILES string of the molecule is Cc1nc2sc([C@@H](c3cccc(Cl)c3)N3CCC(C(N)=O)CC3)c(O)n2n1. The highest BCUT2D eigenvalue weighted by molar-refractivity contribution is 7.17. The summed E-state index contributed by atoms with van der Waals surface area (Å²) in [4.78, 5) is 19.6. The third-order valence-electron chi connectivity index (χ3n) is 5.02. The second kappa shape index (κ2) is 7.10. The Bertz CT molecular complexity index is 993. The van der Waals surface area contributed by atoms with Crippen LogP contribution in [0.25, 0.3) is 4.96 Å². The smallest absolute Gasteiger partial charge is 0.230 e. The third-order valence-corrected chi connectivity index (χ3v) is 6.32. The van der Waals surface area contributed by atoms with Gasteiger partial charge in [-0.3, -0.25) is 9.69 Å². The Morgan fingerprint density at radius 3 is 2.78 bits per heavy atom. The minimum atomic E-state index is -0.244. The highest BCUT2D eigenvalue weighted by atomic mass is 35.5. The Morgan fingerprint density at radius 1 is 1.41 bits per heavy atom. The maximum atomic E-state index is 11.5. The van der Waals surface area contributed by atoms with Gasteiger partial charge in [-0.2, -0.15) is 4.52 Å². The lowest BCUT2D eigenvalue weighted by Gasteiger charge is -2.36. The number of hydrogen-bond donors (Lipinski definition) is 2. The van der Waals surface area contributed by atoms with Crippen molar-refractivity contribution in [3.8, 4) is 5.88 Å². The molecule has 1 aromatic carbocycles. The number of rotatable bonds is 4. The molecule has 0 bridgehead atoms. The van der Waals surface area contributed by atoms with Crippen molar-refractivity contribution in [3.05, 3.63) is 45.6 Å². The van der Waals surface area contributed by atoms with Crippen LogP contribution in [-0.4, -0.2) is 43.6 Å². The first-order valence-electron chi connectivity index (χ1n) is 8.78. The number of likely N-dealkylation sites (tertiary alicyclic amines) is 1. The average molecular weight is 406 g/mol. The number of halogens is 1. The quantitative estimate of drug-likeness (QED) is 0.695. The lowest BCUT2D eigenvalue weighted by atomic mass is 9.93. The van der Waals surface area contributed by atoms with Gasteiger partial charge in [-0.25, -0.2) is 4.98 Å². The summed E-state index contributed by atoms with van der Waals surface area (Å²) in [6, 6.07) is 7.45. The molecule has 2 aromatic heterocycles. The van der Waals surface area contributed by atoms with E-state index in [1.807, 2.05) is 24.3 Å². The molecule has 0 spiro atoms. The highest BCUT2D eigenvalue weighted by Crippen LogP contribution is 2.41. The van der Waals surface area contributed by atoms with Gasteiger partial charge in [0, 0.05) is 10.9 Å². The monoisotopic (exact) mass is 405 g/mol. The minimum absolute atomic E-state index is 0.0950. The van der Waals surface area contributed by atoms with E-state index < -0.39 is 0 Å². The summed E-state index contributed by atoms with van der Waals surface area (Å²) in [5, 5.41) is 15.7. The molecule has 9 heteroatoms. The van der Waals surface area contributed by atoms with E-state index in [4.69, 9.17) is 17.3 Å². The van der Waals surface area contributed by atoms with E-state index in [-0.39, 0.29) is 23.7 Å². The molecule has 142 valence electrons. The molecule has 1 atom stereocenters. The number of piperidine rings is 1. The molecule has 1 aliphatic rings. The van der Waals surface area contributed by atoms with Crippen molar-refractivity contribution in [3.63, 3.8) is 0 Å². The molecule has 1 saturated heterocycles. The number of aromatic hydroxyl groups is 1. The second-order valence-electron chi connectivity index (χ2n) is 6.81. The number of aromatic nitrogens is 3. The van der Waals surface area contributed by atoms with Crippen molar-refractivity contribution >= 4 is 33.8 Å². The largest absolute Gasteiger partial charge is 0.492 e. The molecule has 27 heavy (non-hydrogen) atoms. The van der Waals surface area contributed by atoms with E-state index >= 15 is 0 Å². The lowest BCUT2D eigenvalue weighted by molar-refractivity contribution is -0.123. The number of thiazole rings is 1. The summed E-state index contributed by atoms with van der Waals surface area (Å²) in [7, 11) is 0. The summed E-state index contributed by atoms with van der Waals surface area (Å²) in [6.45, 7) is 3.20. The van der Waals surface area contributed by atoms with Gasteiger partial charge in [0.1, 0.15) is 5.82 Å². The molecular formula is C18H20ClN5O2S. The van der Waals surface area contributed by atoms with Gasteiger partial charge in [0.15, 0.2) is 0 Å². The van der Waals surface area contributed by atoms with Crippen LogP contribution >= 0.6 is 22.9 Å². The van der Waals surface area contributed by atoms with Crippen LogP contribution in [-0.2, 0) is 4.79 Å². The van der Waals surface area contributed by atoms with Crippen molar-refractivity contribution in [2.75, 3.05) is 13.1 Å². The number of nitrogens with two attached hydrogens (primary N) is 1. The number of fused-ring (bicyclic) bond motifs is 1. The second-order valence-corrected chi connectivity index (χ2v) is 8.26. The summed E-state index contributed by atoms with van der Waals surface area (Å²) in [5.74, 6) is 0.369. The predicted octanol–water partition coefficient (Wildman–Crippen LogP) is 2.74. The van der Waals surface area contributed by atoms with E-state index in [0.29, 0.717) is 41.7 Å². The Hall–Kier alpha value is -2.16. The summed E-state index contributed by atoms with van der Waals surface area (Å²) in [6.07, 6.45) is 1.40. The molecule has 7 nitrogen and oxygen atoms in total. The molecule has 1 aliphatic heterocycles. The van der Waals surface area contributed by atoms with Crippen molar-refractivity contribution in [1.29, 1.82) is 0 Å². The fourth-order valence-electron chi connectivity index (χ4n) is 3.67. The highest BCUT2D eigenvalue weighted by Gasteiger charge is 2.33. The van der Waals surface area contributed by atoms with Gasteiger partial charge in [-0.05, 0) is 50.6 Å². The van der Waals surface area contributed by atoms with E-state index in [9.17, 15) is 9.90 Å².